The molecular formula is C14H18BrNO3S. The predicted octanol–water partition coefficient (Wildman–Crippen LogP) is 2.15. The van der Waals surface area contributed by atoms with Crippen LogP contribution in [0, 0.1) is 0 Å². The number of amides is 1. The summed E-state index contributed by atoms with van der Waals surface area (Å²) >= 11 is 4.91. The van der Waals surface area contributed by atoms with Gasteiger partial charge in [-0.2, -0.15) is 0 Å². The van der Waals surface area contributed by atoms with Crippen molar-refractivity contribution >= 4 is 33.6 Å². The summed E-state index contributed by atoms with van der Waals surface area (Å²) in [6.07, 6.45) is -0.257. The first-order chi connectivity index (χ1) is 9.60. The van der Waals surface area contributed by atoms with E-state index in [-0.39, 0.29) is 24.7 Å². The van der Waals surface area contributed by atoms with E-state index in [0.717, 1.165) is 9.37 Å². The summed E-state index contributed by atoms with van der Waals surface area (Å²) in [5.74, 6) is 0.497. The highest BCUT2D eigenvalue weighted by atomic mass is 79.9. The first-order valence-electron chi connectivity index (χ1n) is 6.50. The van der Waals surface area contributed by atoms with Crippen LogP contribution in [0.3, 0.4) is 0 Å². The summed E-state index contributed by atoms with van der Waals surface area (Å²) in [6, 6.07) is 7.97. The zero-order valence-corrected chi connectivity index (χ0v) is 13.7. The van der Waals surface area contributed by atoms with Gasteiger partial charge in [-0.05, 0) is 31.2 Å². The van der Waals surface area contributed by atoms with Crippen molar-refractivity contribution in [3.05, 3.63) is 28.7 Å². The normalized spacial score (nSPS) is 22.9. The lowest BCUT2D eigenvalue weighted by Gasteiger charge is -2.37. The second kappa shape index (κ2) is 7.45. The lowest BCUT2D eigenvalue weighted by molar-refractivity contribution is -0.143. The molecule has 1 heterocycles. The molecule has 1 aromatic carbocycles. The molecule has 6 heteroatoms. The number of rotatable bonds is 4. The van der Waals surface area contributed by atoms with E-state index >= 15 is 0 Å². The number of benzene rings is 1. The van der Waals surface area contributed by atoms with Gasteiger partial charge in [0.15, 0.2) is 0 Å². The predicted molar refractivity (Wildman–Crippen MR) is 82.9 cm³/mol. The lowest BCUT2D eigenvalue weighted by Crippen LogP contribution is -2.52. The molecule has 0 spiro atoms. The van der Waals surface area contributed by atoms with E-state index in [1.165, 1.54) is 11.8 Å². The molecule has 0 aromatic heterocycles. The number of aliphatic hydroxyl groups is 1. The number of hydrogen-bond acceptors (Lipinski definition) is 4. The third kappa shape index (κ3) is 4.22. The van der Waals surface area contributed by atoms with Gasteiger partial charge in [-0.25, -0.2) is 0 Å². The van der Waals surface area contributed by atoms with Gasteiger partial charge in [-0.3, -0.25) is 4.79 Å². The standard InChI is InChI=1S/C14H18BrNO3S/c1-10-8-19-12(7-17)6-16(10)14(18)9-20-13-4-2-11(15)3-5-13/h2-5,10,12,17H,6-9H2,1H3. The zero-order valence-electron chi connectivity index (χ0n) is 11.3. The van der Waals surface area contributed by atoms with Gasteiger partial charge in [0.1, 0.15) is 0 Å². The summed E-state index contributed by atoms with van der Waals surface area (Å²) in [5.41, 5.74) is 0. The van der Waals surface area contributed by atoms with Crippen LogP contribution in [0.4, 0.5) is 0 Å². The molecule has 2 rings (SSSR count). The zero-order chi connectivity index (χ0) is 14.5. The number of halogens is 1. The van der Waals surface area contributed by atoms with Crippen LogP contribution >= 0.6 is 27.7 Å². The minimum atomic E-state index is -0.257. The van der Waals surface area contributed by atoms with Crippen molar-refractivity contribution in [3.8, 4) is 0 Å². The molecule has 0 aliphatic carbocycles. The topological polar surface area (TPSA) is 49.8 Å². The molecule has 1 amide bonds. The minimum Gasteiger partial charge on any atom is -0.394 e. The van der Waals surface area contributed by atoms with E-state index in [0.29, 0.717) is 18.9 Å². The van der Waals surface area contributed by atoms with Crippen molar-refractivity contribution in [2.75, 3.05) is 25.5 Å². The Bertz CT molecular complexity index is 454. The molecule has 1 aliphatic rings. The fourth-order valence-corrected chi connectivity index (χ4v) is 3.08. The molecule has 20 heavy (non-hydrogen) atoms. The van der Waals surface area contributed by atoms with Gasteiger partial charge in [0.25, 0.3) is 0 Å². The average molecular weight is 360 g/mol. The van der Waals surface area contributed by atoms with Crippen molar-refractivity contribution in [1.29, 1.82) is 0 Å². The van der Waals surface area contributed by atoms with Crippen molar-refractivity contribution in [1.82, 2.24) is 4.90 Å². The van der Waals surface area contributed by atoms with Crippen LogP contribution in [0.1, 0.15) is 6.92 Å². The molecule has 1 fully saturated rings. The van der Waals surface area contributed by atoms with Gasteiger partial charge in [0.05, 0.1) is 31.1 Å². The number of aliphatic hydroxyl groups excluding tert-OH is 1. The van der Waals surface area contributed by atoms with Crippen LogP contribution in [0.2, 0.25) is 0 Å². The SMILES string of the molecule is CC1COC(CO)CN1C(=O)CSc1ccc(Br)cc1. The van der Waals surface area contributed by atoms with Crippen molar-refractivity contribution < 1.29 is 14.6 Å². The molecule has 1 saturated heterocycles. The molecule has 0 bridgehead atoms. The molecule has 1 aromatic rings. The van der Waals surface area contributed by atoms with Gasteiger partial charge in [0, 0.05) is 15.9 Å². The third-order valence-corrected chi connectivity index (χ3v) is 4.73. The number of hydrogen-bond donors (Lipinski definition) is 1. The third-order valence-electron chi connectivity index (χ3n) is 3.21. The Morgan fingerprint density at radius 2 is 2.20 bits per heavy atom. The summed E-state index contributed by atoms with van der Waals surface area (Å²) in [4.78, 5) is 15.1. The Hall–Kier alpha value is -0.560. The van der Waals surface area contributed by atoms with Crippen molar-refractivity contribution in [2.45, 2.75) is 24.0 Å². The highest BCUT2D eigenvalue weighted by Crippen LogP contribution is 2.22. The smallest absolute Gasteiger partial charge is 0.233 e. The van der Waals surface area contributed by atoms with E-state index in [2.05, 4.69) is 15.9 Å². The Balaban J connectivity index is 1.88. The molecule has 110 valence electrons. The molecule has 4 nitrogen and oxygen atoms in total. The highest BCUT2D eigenvalue weighted by molar-refractivity contribution is 9.10. The molecule has 1 N–H and O–H groups in total. The van der Waals surface area contributed by atoms with Crippen LogP contribution in [0.5, 0.6) is 0 Å². The van der Waals surface area contributed by atoms with Crippen LogP contribution in [0.15, 0.2) is 33.6 Å². The first-order valence-corrected chi connectivity index (χ1v) is 8.28. The van der Waals surface area contributed by atoms with E-state index < -0.39 is 0 Å². The Morgan fingerprint density at radius 3 is 2.85 bits per heavy atom. The van der Waals surface area contributed by atoms with Gasteiger partial charge in [-0.1, -0.05) is 15.9 Å². The maximum Gasteiger partial charge on any atom is 0.233 e. The number of nitrogens with zero attached hydrogens (tertiary/aromatic N) is 1. The van der Waals surface area contributed by atoms with Crippen molar-refractivity contribution in [2.24, 2.45) is 0 Å². The van der Waals surface area contributed by atoms with Gasteiger partial charge >= 0.3 is 0 Å². The molecule has 0 saturated carbocycles. The minimum absolute atomic E-state index is 0.0453. The molecule has 1 aliphatic heterocycles. The Kier molecular flexibility index (Phi) is 5.89. The molecule has 2 atom stereocenters. The van der Waals surface area contributed by atoms with E-state index in [1.807, 2.05) is 31.2 Å². The van der Waals surface area contributed by atoms with E-state index in [9.17, 15) is 4.79 Å². The van der Waals surface area contributed by atoms with Crippen molar-refractivity contribution in [3.63, 3.8) is 0 Å². The van der Waals surface area contributed by atoms with Crippen LogP contribution in [0.25, 0.3) is 0 Å². The summed E-state index contributed by atoms with van der Waals surface area (Å²) < 4.78 is 6.47. The fraction of sp³-hybridized carbons (Fsp3) is 0.500. The summed E-state index contributed by atoms with van der Waals surface area (Å²) in [5, 5.41) is 9.14. The Labute approximate surface area is 131 Å². The molecular weight excluding hydrogens is 342 g/mol. The molecule has 2 unspecified atom stereocenters. The largest absolute Gasteiger partial charge is 0.394 e. The monoisotopic (exact) mass is 359 g/mol. The highest BCUT2D eigenvalue weighted by Gasteiger charge is 2.28. The van der Waals surface area contributed by atoms with Gasteiger partial charge in [-0.15, -0.1) is 11.8 Å². The number of thioether (sulfide) groups is 1. The second-order valence-electron chi connectivity index (χ2n) is 4.78. The number of morpholine rings is 1. The van der Waals surface area contributed by atoms with Crippen LogP contribution in [-0.2, 0) is 9.53 Å². The van der Waals surface area contributed by atoms with Gasteiger partial charge < -0.3 is 14.7 Å². The maximum absolute atomic E-state index is 12.3. The molecule has 0 radical (unpaired) electrons. The maximum atomic E-state index is 12.3. The number of carbonyl (C=O) groups is 1. The number of ether oxygens (including phenoxy) is 1. The van der Waals surface area contributed by atoms with Gasteiger partial charge in [0.2, 0.25) is 5.91 Å². The second-order valence-corrected chi connectivity index (χ2v) is 6.74. The Morgan fingerprint density at radius 1 is 1.50 bits per heavy atom. The number of carbonyl (C=O) groups excluding carboxylic acids is 1. The lowest BCUT2D eigenvalue weighted by atomic mass is 10.2. The quantitative estimate of drug-likeness (QED) is 0.836. The van der Waals surface area contributed by atoms with E-state index in [4.69, 9.17) is 9.84 Å². The summed E-state index contributed by atoms with van der Waals surface area (Å²) in [6.45, 7) is 2.88. The summed E-state index contributed by atoms with van der Waals surface area (Å²) in [7, 11) is 0. The van der Waals surface area contributed by atoms with Crippen LogP contribution in [-0.4, -0.2) is 53.6 Å². The average Bonchev–Trinajstić information content (AvgIpc) is 2.47. The van der Waals surface area contributed by atoms with E-state index in [1.54, 1.807) is 4.90 Å². The van der Waals surface area contributed by atoms with Crippen LogP contribution < -0.4 is 0 Å². The fourth-order valence-electron chi connectivity index (χ4n) is 2.03. The first kappa shape index (κ1) is 15.8.